The molecule has 4 rings (SSSR count). The van der Waals surface area contributed by atoms with E-state index in [0.29, 0.717) is 35.1 Å². The number of aromatic nitrogens is 1. The van der Waals surface area contributed by atoms with Crippen molar-refractivity contribution < 1.29 is 18.8 Å². The number of amides is 1. The van der Waals surface area contributed by atoms with Crippen LogP contribution in [0.15, 0.2) is 59.1 Å². The minimum Gasteiger partial charge on any atom is -0.497 e. The summed E-state index contributed by atoms with van der Waals surface area (Å²) in [5.41, 5.74) is 2.13. The molecule has 1 unspecified atom stereocenters. The molecule has 0 radical (unpaired) electrons. The lowest BCUT2D eigenvalue weighted by Crippen LogP contribution is -2.30. The van der Waals surface area contributed by atoms with E-state index < -0.39 is 0 Å². The summed E-state index contributed by atoms with van der Waals surface area (Å²) in [7, 11) is 3.18. The Hall–Kier alpha value is -3.28. The number of carbonyl (C=O) groups is 1. The quantitative estimate of drug-likeness (QED) is 0.661. The topological polar surface area (TPSA) is 64.8 Å². The van der Waals surface area contributed by atoms with Crippen molar-refractivity contribution in [1.82, 2.24) is 10.1 Å². The number of hydrogen-bond donors (Lipinski definition) is 0. The SMILES string of the molecule is COc1ccc(OC)c(-c2cc(C(=O)N3CCCC3c3ccccc3)no2)c1. The molecule has 1 saturated heterocycles. The van der Waals surface area contributed by atoms with E-state index in [0.717, 1.165) is 18.4 Å². The van der Waals surface area contributed by atoms with Gasteiger partial charge in [0, 0.05) is 12.6 Å². The summed E-state index contributed by atoms with van der Waals surface area (Å²) in [5.74, 6) is 1.64. The van der Waals surface area contributed by atoms with Crippen molar-refractivity contribution in [3.05, 3.63) is 65.9 Å². The second kappa shape index (κ2) is 7.76. The number of likely N-dealkylation sites (tertiary alicyclic amines) is 1. The molecule has 144 valence electrons. The highest BCUT2D eigenvalue weighted by molar-refractivity contribution is 5.93. The molecular weight excluding hydrogens is 356 g/mol. The van der Waals surface area contributed by atoms with Crippen molar-refractivity contribution >= 4 is 5.91 Å². The van der Waals surface area contributed by atoms with Gasteiger partial charge >= 0.3 is 0 Å². The van der Waals surface area contributed by atoms with Gasteiger partial charge in [-0.05, 0) is 36.6 Å². The zero-order valence-corrected chi connectivity index (χ0v) is 15.9. The fraction of sp³-hybridized carbons (Fsp3) is 0.273. The molecule has 3 aromatic rings. The highest BCUT2D eigenvalue weighted by Gasteiger charge is 2.32. The molecule has 2 heterocycles. The molecule has 1 aliphatic heterocycles. The lowest BCUT2D eigenvalue weighted by Gasteiger charge is -2.24. The van der Waals surface area contributed by atoms with Crippen LogP contribution in [0.2, 0.25) is 0 Å². The molecule has 1 aliphatic rings. The minimum absolute atomic E-state index is 0.0696. The molecule has 0 saturated carbocycles. The van der Waals surface area contributed by atoms with Gasteiger partial charge in [-0.2, -0.15) is 0 Å². The second-order valence-corrected chi connectivity index (χ2v) is 6.71. The summed E-state index contributed by atoms with van der Waals surface area (Å²) in [6, 6.07) is 17.2. The maximum atomic E-state index is 13.1. The highest BCUT2D eigenvalue weighted by Crippen LogP contribution is 2.36. The Bertz CT molecular complexity index is 968. The average molecular weight is 378 g/mol. The Balaban J connectivity index is 1.62. The normalized spacial score (nSPS) is 16.2. The van der Waals surface area contributed by atoms with E-state index in [4.69, 9.17) is 14.0 Å². The summed E-state index contributed by atoms with van der Waals surface area (Å²) in [6.07, 6.45) is 1.92. The molecule has 6 heteroatoms. The molecule has 28 heavy (non-hydrogen) atoms. The molecule has 0 bridgehead atoms. The van der Waals surface area contributed by atoms with E-state index in [9.17, 15) is 4.79 Å². The molecule has 1 aromatic heterocycles. The average Bonchev–Trinajstić information content (AvgIpc) is 3.43. The summed E-state index contributed by atoms with van der Waals surface area (Å²) < 4.78 is 16.2. The fourth-order valence-electron chi connectivity index (χ4n) is 3.69. The van der Waals surface area contributed by atoms with Crippen LogP contribution in [0.3, 0.4) is 0 Å². The zero-order chi connectivity index (χ0) is 19.5. The number of benzene rings is 2. The third kappa shape index (κ3) is 3.33. The maximum absolute atomic E-state index is 13.1. The van der Waals surface area contributed by atoms with Gasteiger partial charge in [0.1, 0.15) is 11.5 Å². The van der Waals surface area contributed by atoms with Crippen molar-refractivity contribution in [3.8, 4) is 22.8 Å². The van der Waals surface area contributed by atoms with Crippen molar-refractivity contribution in [2.24, 2.45) is 0 Å². The van der Waals surface area contributed by atoms with E-state index in [1.807, 2.05) is 23.1 Å². The van der Waals surface area contributed by atoms with Crippen LogP contribution < -0.4 is 9.47 Å². The smallest absolute Gasteiger partial charge is 0.276 e. The van der Waals surface area contributed by atoms with Gasteiger partial charge in [0.2, 0.25) is 0 Å². The van der Waals surface area contributed by atoms with Gasteiger partial charge in [-0.1, -0.05) is 35.5 Å². The Kier molecular flexibility index (Phi) is 5.02. The summed E-state index contributed by atoms with van der Waals surface area (Å²) in [6.45, 7) is 0.711. The number of ether oxygens (including phenoxy) is 2. The van der Waals surface area contributed by atoms with Crippen LogP contribution in [0.5, 0.6) is 11.5 Å². The van der Waals surface area contributed by atoms with Gasteiger partial charge in [-0.15, -0.1) is 0 Å². The number of rotatable bonds is 5. The zero-order valence-electron chi connectivity index (χ0n) is 15.9. The van der Waals surface area contributed by atoms with Gasteiger partial charge in [-0.25, -0.2) is 0 Å². The van der Waals surface area contributed by atoms with Crippen LogP contribution in [0.1, 0.15) is 34.9 Å². The molecule has 0 aliphatic carbocycles. The Morgan fingerprint density at radius 1 is 1.11 bits per heavy atom. The third-order valence-corrected chi connectivity index (χ3v) is 5.10. The standard InChI is InChI=1S/C22H22N2O4/c1-26-16-10-11-20(27-2)17(13-16)21-14-18(23-28-21)22(25)24-12-6-9-19(24)15-7-4-3-5-8-15/h3-5,7-8,10-11,13-14,19H,6,9,12H2,1-2H3. The summed E-state index contributed by atoms with van der Waals surface area (Å²) in [4.78, 5) is 15.0. The molecule has 0 N–H and O–H groups in total. The first kappa shape index (κ1) is 18.1. The van der Waals surface area contributed by atoms with E-state index >= 15 is 0 Å². The summed E-state index contributed by atoms with van der Waals surface area (Å²) in [5, 5.41) is 4.03. The molecule has 0 spiro atoms. The van der Waals surface area contributed by atoms with E-state index in [-0.39, 0.29) is 11.9 Å². The number of carbonyl (C=O) groups excluding carboxylic acids is 1. The van der Waals surface area contributed by atoms with E-state index in [1.165, 1.54) is 0 Å². The maximum Gasteiger partial charge on any atom is 0.276 e. The van der Waals surface area contributed by atoms with Crippen LogP contribution in [0.4, 0.5) is 0 Å². The molecule has 1 fully saturated rings. The van der Waals surface area contributed by atoms with Crippen LogP contribution in [-0.2, 0) is 0 Å². The first-order chi connectivity index (χ1) is 13.7. The predicted molar refractivity (Wildman–Crippen MR) is 104 cm³/mol. The van der Waals surface area contributed by atoms with Gasteiger partial charge in [-0.3, -0.25) is 4.79 Å². The highest BCUT2D eigenvalue weighted by atomic mass is 16.5. The fourth-order valence-corrected chi connectivity index (χ4v) is 3.69. The first-order valence-electron chi connectivity index (χ1n) is 9.26. The van der Waals surface area contributed by atoms with Crippen molar-refractivity contribution in [2.45, 2.75) is 18.9 Å². The molecule has 1 atom stereocenters. The van der Waals surface area contributed by atoms with Gasteiger partial charge in [0.15, 0.2) is 11.5 Å². The molecule has 1 amide bonds. The van der Waals surface area contributed by atoms with E-state index in [1.54, 1.807) is 38.5 Å². The second-order valence-electron chi connectivity index (χ2n) is 6.71. The van der Waals surface area contributed by atoms with Crippen LogP contribution in [0.25, 0.3) is 11.3 Å². The number of hydrogen-bond acceptors (Lipinski definition) is 5. The van der Waals surface area contributed by atoms with Crippen LogP contribution >= 0.6 is 0 Å². The lowest BCUT2D eigenvalue weighted by atomic mass is 10.0. The molecule has 6 nitrogen and oxygen atoms in total. The van der Waals surface area contributed by atoms with Crippen molar-refractivity contribution in [2.75, 3.05) is 20.8 Å². The largest absolute Gasteiger partial charge is 0.497 e. The van der Waals surface area contributed by atoms with E-state index in [2.05, 4.69) is 17.3 Å². The Labute approximate surface area is 163 Å². The molecule has 2 aromatic carbocycles. The number of nitrogens with zero attached hydrogens (tertiary/aromatic N) is 2. The summed E-state index contributed by atoms with van der Waals surface area (Å²) >= 11 is 0. The first-order valence-corrected chi connectivity index (χ1v) is 9.26. The van der Waals surface area contributed by atoms with Gasteiger partial charge < -0.3 is 18.9 Å². The third-order valence-electron chi connectivity index (χ3n) is 5.10. The van der Waals surface area contributed by atoms with Crippen molar-refractivity contribution in [1.29, 1.82) is 0 Å². The van der Waals surface area contributed by atoms with Gasteiger partial charge in [0.05, 0.1) is 25.8 Å². The Morgan fingerprint density at radius 2 is 1.93 bits per heavy atom. The lowest BCUT2D eigenvalue weighted by molar-refractivity contribution is 0.0725. The van der Waals surface area contributed by atoms with Crippen LogP contribution in [-0.4, -0.2) is 36.7 Å². The predicted octanol–water partition coefficient (Wildman–Crippen LogP) is 4.34. The number of methoxy groups -OCH3 is 2. The van der Waals surface area contributed by atoms with Crippen molar-refractivity contribution in [3.63, 3.8) is 0 Å². The van der Waals surface area contributed by atoms with Gasteiger partial charge in [0.25, 0.3) is 5.91 Å². The Morgan fingerprint density at radius 3 is 2.68 bits per heavy atom. The minimum atomic E-state index is -0.122. The monoisotopic (exact) mass is 378 g/mol. The van der Waals surface area contributed by atoms with Crippen LogP contribution in [0, 0.1) is 0 Å². The molecular formula is C22H22N2O4.